The Hall–Kier alpha value is -1.35. The highest BCUT2D eigenvalue weighted by Gasteiger charge is 2.06. The van der Waals surface area contributed by atoms with Crippen molar-refractivity contribution in [1.29, 1.82) is 0 Å². The fourth-order valence-electron chi connectivity index (χ4n) is 0.897. The molecule has 7 nitrogen and oxygen atoms in total. The number of aromatic nitrogens is 2. The van der Waals surface area contributed by atoms with Gasteiger partial charge in [0.1, 0.15) is 0 Å². The van der Waals surface area contributed by atoms with Crippen LogP contribution >= 0.6 is 23.1 Å². The van der Waals surface area contributed by atoms with Gasteiger partial charge in [0, 0.05) is 20.0 Å². The number of nitrogens with two attached hydrogens (primary N) is 1. The molecule has 0 aliphatic heterocycles. The second-order valence-electron chi connectivity index (χ2n) is 3.03. The van der Waals surface area contributed by atoms with Gasteiger partial charge in [0.25, 0.3) is 0 Å². The number of rotatable bonds is 6. The molecule has 2 amide bonds. The Labute approximate surface area is 107 Å². The summed E-state index contributed by atoms with van der Waals surface area (Å²) in [4.78, 5) is 21.9. The summed E-state index contributed by atoms with van der Waals surface area (Å²) in [6, 6.07) is 0. The van der Waals surface area contributed by atoms with E-state index in [4.69, 9.17) is 5.73 Å². The number of hydrogen-bond acceptors (Lipinski definition) is 7. The summed E-state index contributed by atoms with van der Waals surface area (Å²) < 4.78 is 0.666. The van der Waals surface area contributed by atoms with Gasteiger partial charge in [-0.1, -0.05) is 23.1 Å². The lowest BCUT2D eigenvalue weighted by atomic mass is 10.5. The van der Waals surface area contributed by atoms with Crippen LogP contribution in [0.15, 0.2) is 4.34 Å². The minimum Gasteiger partial charge on any atom is -0.374 e. The molecule has 94 valence electrons. The van der Waals surface area contributed by atoms with E-state index in [1.54, 1.807) is 0 Å². The topological polar surface area (TPSA) is 110 Å². The molecule has 0 aliphatic rings. The normalized spacial score (nSPS) is 9.94. The predicted octanol–water partition coefficient (Wildman–Crippen LogP) is -0.535. The van der Waals surface area contributed by atoms with E-state index in [1.807, 2.05) is 0 Å². The highest BCUT2D eigenvalue weighted by molar-refractivity contribution is 8.01. The van der Waals surface area contributed by atoms with Crippen molar-refractivity contribution in [2.75, 3.05) is 24.6 Å². The lowest BCUT2D eigenvalue weighted by molar-refractivity contribution is -0.120. The Morgan fingerprint density at radius 1 is 1.35 bits per heavy atom. The summed E-state index contributed by atoms with van der Waals surface area (Å²) in [6.45, 7) is 2.27. The van der Waals surface area contributed by atoms with Crippen LogP contribution in [0.3, 0.4) is 0 Å². The van der Waals surface area contributed by atoms with Crippen LogP contribution in [0.25, 0.3) is 0 Å². The van der Waals surface area contributed by atoms with Gasteiger partial charge in [-0.3, -0.25) is 9.59 Å². The summed E-state index contributed by atoms with van der Waals surface area (Å²) in [6.07, 6.45) is 0. The summed E-state index contributed by atoms with van der Waals surface area (Å²) in [5, 5.41) is 13.0. The third-order valence-corrected chi connectivity index (χ3v) is 3.46. The van der Waals surface area contributed by atoms with Crippen molar-refractivity contribution < 1.29 is 9.59 Å². The molecule has 0 bridgehead atoms. The van der Waals surface area contributed by atoms with Crippen molar-refractivity contribution in [2.24, 2.45) is 0 Å². The molecule has 1 aromatic heterocycles. The van der Waals surface area contributed by atoms with Gasteiger partial charge >= 0.3 is 0 Å². The van der Waals surface area contributed by atoms with Gasteiger partial charge in [-0.2, -0.15) is 0 Å². The Balaban J connectivity index is 2.11. The van der Waals surface area contributed by atoms with Crippen molar-refractivity contribution in [2.45, 2.75) is 11.3 Å². The van der Waals surface area contributed by atoms with E-state index >= 15 is 0 Å². The number of amides is 2. The van der Waals surface area contributed by atoms with Crippen LogP contribution in [0.5, 0.6) is 0 Å². The monoisotopic (exact) mass is 275 g/mol. The number of anilines is 1. The molecule has 0 atom stereocenters. The van der Waals surface area contributed by atoms with Crippen LogP contribution in [0.4, 0.5) is 5.13 Å². The van der Waals surface area contributed by atoms with Crippen LogP contribution in [0.1, 0.15) is 6.92 Å². The fourth-order valence-corrected chi connectivity index (χ4v) is 2.36. The van der Waals surface area contributed by atoms with Crippen LogP contribution < -0.4 is 16.4 Å². The first-order chi connectivity index (χ1) is 8.08. The highest BCUT2D eigenvalue weighted by Crippen LogP contribution is 2.22. The average molecular weight is 275 g/mol. The van der Waals surface area contributed by atoms with Crippen molar-refractivity contribution in [1.82, 2.24) is 20.8 Å². The molecule has 0 radical (unpaired) electrons. The Bertz CT molecular complexity index is 395. The van der Waals surface area contributed by atoms with Crippen LogP contribution in [-0.2, 0) is 9.59 Å². The lowest BCUT2D eigenvalue weighted by Crippen LogP contribution is -2.34. The van der Waals surface area contributed by atoms with Crippen molar-refractivity contribution in [3.8, 4) is 0 Å². The number of nitrogen functional groups attached to an aromatic ring is 1. The molecule has 0 fully saturated rings. The van der Waals surface area contributed by atoms with Crippen molar-refractivity contribution in [3.63, 3.8) is 0 Å². The molecule has 0 saturated carbocycles. The zero-order valence-electron chi connectivity index (χ0n) is 9.23. The second-order valence-corrected chi connectivity index (χ2v) is 5.26. The molecule has 1 heterocycles. The van der Waals surface area contributed by atoms with Gasteiger partial charge in [0.05, 0.1) is 5.75 Å². The first-order valence-corrected chi connectivity index (χ1v) is 6.61. The summed E-state index contributed by atoms with van der Waals surface area (Å²) in [7, 11) is 0. The molecule has 1 rings (SSSR count). The van der Waals surface area contributed by atoms with Gasteiger partial charge in [0.2, 0.25) is 16.9 Å². The number of carbonyl (C=O) groups is 2. The minimum atomic E-state index is -0.117. The Kier molecular flexibility index (Phi) is 5.70. The molecule has 0 aromatic carbocycles. The lowest BCUT2D eigenvalue weighted by Gasteiger charge is -2.04. The molecule has 9 heteroatoms. The van der Waals surface area contributed by atoms with Crippen molar-refractivity contribution >= 4 is 40.0 Å². The third kappa shape index (κ3) is 6.07. The molecule has 4 N–H and O–H groups in total. The minimum absolute atomic E-state index is 0.113. The first kappa shape index (κ1) is 13.7. The van der Waals surface area contributed by atoms with E-state index in [-0.39, 0.29) is 17.6 Å². The van der Waals surface area contributed by atoms with Crippen LogP contribution in [0, 0.1) is 0 Å². The number of carbonyl (C=O) groups excluding carboxylic acids is 2. The Morgan fingerprint density at radius 2 is 2.06 bits per heavy atom. The third-order valence-electron chi connectivity index (χ3n) is 1.57. The van der Waals surface area contributed by atoms with E-state index in [0.29, 0.717) is 22.6 Å². The standard InChI is InChI=1S/C8H13N5O2S2/c1-5(14)10-2-3-11-6(15)4-16-8-13-12-7(9)17-8/h2-4H2,1H3,(H2,9,12)(H,10,14)(H,11,15). The maximum Gasteiger partial charge on any atom is 0.230 e. The summed E-state index contributed by atoms with van der Waals surface area (Å²) in [5.41, 5.74) is 5.40. The second kappa shape index (κ2) is 7.07. The maximum absolute atomic E-state index is 11.3. The quantitative estimate of drug-likeness (QED) is 0.475. The van der Waals surface area contributed by atoms with E-state index in [1.165, 1.54) is 30.0 Å². The molecule has 0 aliphatic carbocycles. The van der Waals surface area contributed by atoms with E-state index in [9.17, 15) is 9.59 Å². The highest BCUT2D eigenvalue weighted by atomic mass is 32.2. The van der Waals surface area contributed by atoms with E-state index in [0.717, 1.165) is 0 Å². The van der Waals surface area contributed by atoms with Gasteiger partial charge in [-0.15, -0.1) is 10.2 Å². The molecule has 0 unspecified atom stereocenters. The molecular weight excluding hydrogens is 262 g/mol. The van der Waals surface area contributed by atoms with Crippen LogP contribution in [-0.4, -0.2) is 40.9 Å². The van der Waals surface area contributed by atoms with Crippen molar-refractivity contribution in [3.05, 3.63) is 0 Å². The molecule has 0 saturated heterocycles. The number of thioether (sulfide) groups is 1. The van der Waals surface area contributed by atoms with E-state index in [2.05, 4.69) is 20.8 Å². The zero-order chi connectivity index (χ0) is 12.7. The molecule has 0 spiro atoms. The Morgan fingerprint density at radius 3 is 2.65 bits per heavy atom. The zero-order valence-corrected chi connectivity index (χ0v) is 10.9. The number of hydrogen-bond donors (Lipinski definition) is 3. The van der Waals surface area contributed by atoms with E-state index < -0.39 is 0 Å². The van der Waals surface area contributed by atoms with Gasteiger partial charge < -0.3 is 16.4 Å². The predicted molar refractivity (Wildman–Crippen MR) is 66.7 cm³/mol. The number of nitrogens with one attached hydrogen (secondary N) is 2. The maximum atomic E-state index is 11.3. The van der Waals surface area contributed by atoms with Gasteiger partial charge in [-0.25, -0.2) is 0 Å². The van der Waals surface area contributed by atoms with Gasteiger partial charge in [-0.05, 0) is 0 Å². The molecular formula is C8H13N5O2S2. The number of nitrogens with zero attached hydrogens (tertiary/aromatic N) is 2. The largest absolute Gasteiger partial charge is 0.374 e. The van der Waals surface area contributed by atoms with Gasteiger partial charge in [0.15, 0.2) is 4.34 Å². The summed E-state index contributed by atoms with van der Waals surface area (Å²) >= 11 is 2.52. The molecule has 17 heavy (non-hydrogen) atoms. The molecule has 1 aromatic rings. The average Bonchev–Trinajstić information content (AvgIpc) is 2.67. The smallest absolute Gasteiger partial charge is 0.230 e. The SMILES string of the molecule is CC(=O)NCCNC(=O)CSc1nnc(N)s1. The first-order valence-electron chi connectivity index (χ1n) is 4.81. The summed E-state index contributed by atoms with van der Waals surface area (Å²) in [5.74, 6) is 0.0291. The fraction of sp³-hybridized carbons (Fsp3) is 0.500. The van der Waals surface area contributed by atoms with Crippen LogP contribution in [0.2, 0.25) is 0 Å².